The second-order valence-corrected chi connectivity index (χ2v) is 8.04. The third-order valence-electron chi connectivity index (χ3n) is 3.63. The molecule has 5 heteroatoms. The van der Waals surface area contributed by atoms with Gasteiger partial charge >= 0.3 is 0 Å². The molecule has 2 aromatic carbocycles. The van der Waals surface area contributed by atoms with Crippen molar-refractivity contribution in [3.8, 4) is 0 Å². The van der Waals surface area contributed by atoms with Crippen LogP contribution in [0.2, 0.25) is 0 Å². The molecule has 0 spiro atoms. The van der Waals surface area contributed by atoms with Crippen LogP contribution in [-0.2, 0) is 16.6 Å². The SMILES string of the molecule is CCN(Cc1ccccc1)S(=O)(=O)c1cc(Br)c(C)cc1C. The van der Waals surface area contributed by atoms with Gasteiger partial charge in [0.2, 0.25) is 10.0 Å². The summed E-state index contributed by atoms with van der Waals surface area (Å²) in [7, 11) is -3.52. The number of nitrogens with zero attached hydrogens (tertiary/aromatic N) is 1. The van der Waals surface area contributed by atoms with Gasteiger partial charge in [-0.05, 0) is 36.6 Å². The number of hydrogen-bond acceptors (Lipinski definition) is 2. The van der Waals surface area contributed by atoms with E-state index in [1.54, 1.807) is 6.07 Å². The smallest absolute Gasteiger partial charge is 0.207 e. The number of rotatable bonds is 5. The Morgan fingerprint density at radius 3 is 2.27 bits per heavy atom. The van der Waals surface area contributed by atoms with E-state index in [1.165, 1.54) is 4.31 Å². The minimum Gasteiger partial charge on any atom is -0.207 e. The number of halogens is 1. The lowest BCUT2D eigenvalue weighted by atomic mass is 10.2. The predicted octanol–water partition coefficient (Wildman–Crippen LogP) is 4.28. The van der Waals surface area contributed by atoms with Gasteiger partial charge in [0, 0.05) is 17.6 Å². The predicted molar refractivity (Wildman–Crippen MR) is 93.3 cm³/mol. The molecule has 2 aromatic rings. The van der Waals surface area contributed by atoms with E-state index in [0.717, 1.165) is 21.2 Å². The molecule has 0 aliphatic carbocycles. The quantitative estimate of drug-likeness (QED) is 0.774. The van der Waals surface area contributed by atoms with Crippen molar-refractivity contribution < 1.29 is 8.42 Å². The van der Waals surface area contributed by atoms with Crippen molar-refractivity contribution in [2.75, 3.05) is 6.54 Å². The van der Waals surface area contributed by atoms with Crippen LogP contribution in [0.4, 0.5) is 0 Å². The zero-order chi connectivity index (χ0) is 16.3. The maximum absolute atomic E-state index is 13.0. The molecule has 0 aliphatic rings. The van der Waals surface area contributed by atoms with E-state index in [4.69, 9.17) is 0 Å². The van der Waals surface area contributed by atoms with E-state index < -0.39 is 10.0 Å². The van der Waals surface area contributed by atoms with Crippen molar-refractivity contribution in [3.05, 3.63) is 63.6 Å². The summed E-state index contributed by atoms with van der Waals surface area (Å²) in [5, 5.41) is 0. The Labute approximate surface area is 141 Å². The molecule has 0 aliphatic heterocycles. The molecular weight excluding hydrogens is 362 g/mol. The van der Waals surface area contributed by atoms with Crippen LogP contribution in [0, 0.1) is 13.8 Å². The molecule has 22 heavy (non-hydrogen) atoms. The summed E-state index contributed by atoms with van der Waals surface area (Å²) in [6.07, 6.45) is 0. The molecule has 0 fully saturated rings. The van der Waals surface area contributed by atoms with Gasteiger partial charge in [0.25, 0.3) is 0 Å². The highest BCUT2D eigenvalue weighted by Gasteiger charge is 2.25. The minimum absolute atomic E-state index is 0.364. The van der Waals surface area contributed by atoms with Gasteiger partial charge in [-0.2, -0.15) is 4.31 Å². The van der Waals surface area contributed by atoms with Gasteiger partial charge in [0.15, 0.2) is 0 Å². The minimum atomic E-state index is -3.52. The van der Waals surface area contributed by atoms with Gasteiger partial charge in [-0.1, -0.05) is 59.3 Å². The first-order valence-electron chi connectivity index (χ1n) is 7.17. The van der Waals surface area contributed by atoms with Crippen molar-refractivity contribution in [2.45, 2.75) is 32.2 Å². The lowest BCUT2D eigenvalue weighted by Crippen LogP contribution is -2.31. The molecule has 2 rings (SSSR count). The largest absolute Gasteiger partial charge is 0.243 e. The first kappa shape index (κ1) is 17.2. The maximum atomic E-state index is 13.0. The lowest BCUT2D eigenvalue weighted by Gasteiger charge is -2.22. The first-order valence-corrected chi connectivity index (χ1v) is 9.40. The highest BCUT2D eigenvalue weighted by atomic mass is 79.9. The summed E-state index contributed by atoms with van der Waals surface area (Å²) in [6.45, 7) is 6.46. The summed E-state index contributed by atoms with van der Waals surface area (Å²) in [6, 6.07) is 13.2. The van der Waals surface area contributed by atoms with Crippen molar-refractivity contribution in [1.82, 2.24) is 4.31 Å². The zero-order valence-corrected chi connectivity index (χ0v) is 15.4. The van der Waals surface area contributed by atoms with E-state index in [0.29, 0.717) is 18.0 Å². The van der Waals surface area contributed by atoms with Crippen molar-refractivity contribution in [2.24, 2.45) is 0 Å². The van der Waals surface area contributed by atoms with Gasteiger partial charge in [0.1, 0.15) is 0 Å². The molecular formula is C17H20BrNO2S. The van der Waals surface area contributed by atoms with Gasteiger partial charge in [0.05, 0.1) is 4.90 Å². The Hall–Kier alpha value is -1.17. The van der Waals surface area contributed by atoms with Crippen LogP contribution in [0.5, 0.6) is 0 Å². The first-order chi connectivity index (χ1) is 10.4. The van der Waals surface area contributed by atoms with E-state index in [1.807, 2.05) is 57.2 Å². The molecule has 0 saturated carbocycles. The molecule has 118 valence electrons. The van der Waals surface area contributed by atoms with Crippen LogP contribution in [0.25, 0.3) is 0 Å². The van der Waals surface area contributed by atoms with E-state index in [-0.39, 0.29) is 0 Å². The average molecular weight is 382 g/mol. The lowest BCUT2D eigenvalue weighted by molar-refractivity contribution is 0.423. The number of aryl methyl sites for hydroxylation is 2. The number of benzene rings is 2. The Kier molecular flexibility index (Phi) is 5.42. The summed E-state index contributed by atoms with van der Waals surface area (Å²) < 4.78 is 28.2. The highest BCUT2D eigenvalue weighted by Crippen LogP contribution is 2.27. The molecule has 0 saturated heterocycles. The average Bonchev–Trinajstić information content (AvgIpc) is 2.49. The molecule has 0 N–H and O–H groups in total. The topological polar surface area (TPSA) is 37.4 Å². The molecule has 0 unspecified atom stereocenters. The second kappa shape index (κ2) is 6.94. The molecule has 0 heterocycles. The van der Waals surface area contributed by atoms with Crippen molar-refractivity contribution in [3.63, 3.8) is 0 Å². The van der Waals surface area contributed by atoms with Crippen LogP contribution >= 0.6 is 15.9 Å². The Morgan fingerprint density at radius 2 is 1.68 bits per heavy atom. The molecule has 0 amide bonds. The fourth-order valence-electron chi connectivity index (χ4n) is 2.38. The van der Waals surface area contributed by atoms with E-state index in [2.05, 4.69) is 15.9 Å². The Morgan fingerprint density at radius 1 is 1.05 bits per heavy atom. The van der Waals surface area contributed by atoms with Crippen LogP contribution in [0.3, 0.4) is 0 Å². The molecule has 0 atom stereocenters. The van der Waals surface area contributed by atoms with Crippen LogP contribution in [-0.4, -0.2) is 19.3 Å². The molecule has 0 radical (unpaired) electrons. The van der Waals surface area contributed by atoms with Crippen molar-refractivity contribution >= 4 is 26.0 Å². The van der Waals surface area contributed by atoms with Gasteiger partial charge < -0.3 is 0 Å². The third kappa shape index (κ3) is 3.59. The summed E-state index contributed by atoms with van der Waals surface area (Å²) >= 11 is 3.43. The van der Waals surface area contributed by atoms with Crippen LogP contribution < -0.4 is 0 Å². The molecule has 0 aromatic heterocycles. The summed E-state index contributed by atoms with van der Waals surface area (Å²) in [5.74, 6) is 0. The molecule has 0 bridgehead atoms. The number of sulfonamides is 1. The zero-order valence-electron chi connectivity index (χ0n) is 13.0. The van der Waals surface area contributed by atoms with Crippen LogP contribution in [0.15, 0.2) is 51.8 Å². The van der Waals surface area contributed by atoms with E-state index >= 15 is 0 Å². The maximum Gasteiger partial charge on any atom is 0.243 e. The fourth-order valence-corrected chi connectivity index (χ4v) is 4.54. The molecule has 3 nitrogen and oxygen atoms in total. The van der Waals surface area contributed by atoms with Gasteiger partial charge in [-0.3, -0.25) is 0 Å². The van der Waals surface area contributed by atoms with Gasteiger partial charge in [-0.25, -0.2) is 8.42 Å². The highest BCUT2D eigenvalue weighted by molar-refractivity contribution is 9.10. The van der Waals surface area contributed by atoms with E-state index in [9.17, 15) is 8.42 Å². The van der Waals surface area contributed by atoms with Crippen LogP contribution in [0.1, 0.15) is 23.6 Å². The Bertz CT molecular complexity index is 758. The van der Waals surface area contributed by atoms with Gasteiger partial charge in [-0.15, -0.1) is 0 Å². The fraction of sp³-hybridized carbons (Fsp3) is 0.294. The summed E-state index contributed by atoms with van der Waals surface area (Å²) in [4.78, 5) is 0.364. The Balaban J connectivity index is 2.41. The standard InChI is InChI=1S/C17H20BrNO2S/c1-4-19(12-15-8-6-5-7-9-15)22(20,21)17-11-16(18)13(2)10-14(17)3/h5-11H,4,12H2,1-3H3. The number of hydrogen-bond donors (Lipinski definition) is 0. The normalized spacial score (nSPS) is 11.9. The van der Waals surface area contributed by atoms with Crippen molar-refractivity contribution in [1.29, 1.82) is 0 Å². The summed E-state index contributed by atoms with van der Waals surface area (Å²) in [5.41, 5.74) is 2.78. The third-order valence-corrected chi connectivity index (χ3v) is 6.55. The second-order valence-electron chi connectivity index (χ2n) is 5.28. The monoisotopic (exact) mass is 381 g/mol.